The number of aryl methyl sites for hydroxylation is 1. The van der Waals surface area contributed by atoms with E-state index in [1.807, 2.05) is 4.90 Å². The molecule has 1 aliphatic rings. The van der Waals surface area contributed by atoms with Crippen LogP contribution in [0.4, 0.5) is 10.2 Å². The molecule has 1 N–H and O–H groups in total. The highest BCUT2D eigenvalue weighted by Crippen LogP contribution is 2.27. The van der Waals surface area contributed by atoms with Crippen LogP contribution in [0.25, 0.3) is 10.9 Å². The van der Waals surface area contributed by atoms with Crippen molar-refractivity contribution in [1.82, 2.24) is 25.1 Å². The van der Waals surface area contributed by atoms with Crippen molar-refractivity contribution in [2.45, 2.75) is 6.04 Å². The monoisotopic (exact) mass is 326 g/mol. The molecule has 8 heteroatoms. The summed E-state index contributed by atoms with van der Waals surface area (Å²) in [7, 11) is 1.77. The third-order valence-corrected chi connectivity index (χ3v) is 4.04. The number of amides is 1. The van der Waals surface area contributed by atoms with E-state index < -0.39 is 0 Å². The number of rotatable bonds is 3. The van der Waals surface area contributed by atoms with Gasteiger partial charge >= 0.3 is 0 Å². The van der Waals surface area contributed by atoms with Crippen LogP contribution in [0.3, 0.4) is 0 Å². The van der Waals surface area contributed by atoms with Gasteiger partial charge in [-0.1, -0.05) is 0 Å². The van der Waals surface area contributed by atoms with Gasteiger partial charge in [-0.15, -0.1) is 0 Å². The summed E-state index contributed by atoms with van der Waals surface area (Å²) in [5, 5.41) is 7.68. The van der Waals surface area contributed by atoms with Crippen LogP contribution in [0.2, 0.25) is 0 Å². The van der Waals surface area contributed by atoms with E-state index in [4.69, 9.17) is 0 Å². The lowest BCUT2D eigenvalue weighted by atomic mass is 10.1. The van der Waals surface area contributed by atoms with Crippen LogP contribution >= 0.6 is 0 Å². The van der Waals surface area contributed by atoms with Crippen LogP contribution in [-0.4, -0.2) is 44.8 Å². The standard InChI is InChI=1S/C16H15FN6O/c1-22-5-4-14(21-22)16(24)20-11-7-23(8-11)15-12-6-10(17)2-3-13(12)18-9-19-15/h2-6,9,11H,7-8H2,1H3,(H,20,24). The van der Waals surface area contributed by atoms with E-state index in [0.717, 1.165) is 0 Å². The fourth-order valence-electron chi connectivity index (χ4n) is 2.81. The third-order valence-electron chi connectivity index (χ3n) is 4.04. The Bertz CT molecular complexity index is 918. The maximum atomic E-state index is 13.5. The van der Waals surface area contributed by atoms with E-state index in [1.54, 1.807) is 30.1 Å². The summed E-state index contributed by atoms with van der Waals surface area (Å²) >= 11 is 0. The van der Waals surface area contributed by atoms with Crippen molar-refractivity contribution in [3.8, 4) is 0 Å². The Morgan fingerprint density at radius 3 is 2.88 bits per heavy atom. The van der Waals surface area contributed by atoms with E-state index >= 15 is 0 Å². The van der Waals surface area contributed by atoms with Gasteiger partial charge in [0.15, 0.2) is 0 Å². The number of anilines is 1. The normalized spacial score (nSPS) is 14.7. The molecule has 0 spiro atoms. The van der Waals surface area contributed by atoms with Crippen LogP contribution < -0.4 is 10.2 Å². The van der Waals surface area contributed by atoms with E-state index in [0.29, 0.717) is 35.5 Å². The first kappa shape index (κ1) is 14.6. The van der Waals surface area contributed by atoms with Gasteiger partial charge in [0.05, 0.1) is 11.6 Å². The minimum Gasteiger partial charge on any atom is -0.352 e. The summed E-state index contributed by atoms with van der Waals surface area (Å²) in [5.74, 6) is 0.167. The number of carbonyl (C=O) groups is 1. The first-order valence-corrected chi connectivity index (χ1v) is 7.56. The molecule has 1 aromatic carbocycles. The Kier molecular flexibility index (Phi) is 3.37. The molecule has 0 unspecified atom stereocenters. The zero-order valence-electron chi connectivity index (χ0n) is 13.0. The second kappa shape index (κ2) is 5.55. The van der Waals surface area contributed by atoms with Crippen LogP contribution in [0.5, 0.6) is 0 Å². The molecule has 24 heavy (non-hydrogen) atoms. The lowest BCUT2D eigenvalue weighted by molar-refractivity contribution is 0.0924. The number of halogens is 1. The molecule has 0 atom stereocenters. The Morgan fingerprint density at radius 2 is 2.12 bits per heavy atom. The molecule has 4 rings (SSSR count). The van der Waals surface area contributed by atoms with Crippen molar-refractivity contribution in [1.29, 1.82) is 0 Å². The number of nitrogens with zero attached hydrogens (tertiary/aromatic N) is 5. The second-order valence-electron chi connectivity index (χ2n) is 5.81. The minimum absolute atomic E-state index is 0.0121. The van der Waals surface area contributed by atoms with Crippen LogP contribution in [0, 0.1) is 5.82 Å². The molecule has 0 radical (unpaired) electrons. The van der Waals surface area contributed by atoms with Gasteiger partial charge in [0, 0.05) is 31.7 Å². The molecule has 0 bridgehead atoms. The lowest BCUT2D eigenvalue weighted by Crippen LogP contribution is -2.59. The van der Waals surface area contributed by atoms with Gasteiger partial charge in [-0.2, -0.15) is 5.10 Å². The van der Waals surface area contributed by atoms with E-state index in [1.165, 1.54) is 18.5 Å². The van der Waals surface area contributed by atoms with Gasteiger partial charge < -0.3 is 10.2 Å². The molecule has 1 fully saturated rings. The number of carbonyl (C=O) groups excluding carboxylic acids is 1. The second-order valence-corrected chi connectivity index (χ2v) is 5.81. The quantitative estimate of drug-likeness (QED) is 0.781. The van der Waals surface area contributed by atoms with Gasteiger partial charge in [0.2, 0.25) is 0 Å². The lowest BCUT2D eigenvalue weighted by Gasteiger charge is -2.40. The largest absolute Gasteiger partial charge is 0.352 e. The zero-order valence-corrected chi connectivity index (χ0v) is 13.0. The smallest absolute Gasteiger partial charge is 0.272 e. The molecule has 3 aromatic rings. The van der Waals surface area contributed by atoms with Gasteiger partial charge in [-0.25, -0.2) is 14.4 Å². The highest BCUT2D eigenvalue weighted by molar-refractivity contribution is 5.93. The average Bonchev–Trinajstić information content (AvgIpc) is 2.96. The number of hydrogen-bond acceptors (Lipinski definition) is 5. The molecular formula is C16H15FN6O. The fourth-order valence-corrected chi connectivity index (χ4v) is 2.81. The number of fused-ring (bicyclic) bond motifs is 1. The van der Waals surface area contributed by atoms with Gasteiger partial charge in [-0.05, 0) is 24.3 Å². The Balaban J connectivity index is 1.46. The maximum absolute atomic E-state index is 13.5. The van der Waals surface area contributed by atoms with Crippen LogP contribution in [-0.2, 0) is 7.05 Å². The molecule has 1 amide bonds. The van der Waals surface area contributed by atoms with E-state index in [9.17, 15) is 9.18 Å². The van der Waals surface area contributed by atoms with Crippen molar-refractivity contribution in [3.05, 3.63) is 48.3 Å². The summed E-state index contributed by atoms with van der Waals surface area (Å²) in [4.78, 5) is 22.5. The van der Waals surface area contributed by atoms with Crippen molar-refractivity contribution < 1.29 is 9.18 Å². The molecule has 3 heterocycles. The topological polar surface area (TPSA) is 75.9 Å². The maximum Gasteiger partial charge on any atom is 0.272 e. The highest BCUT2D eigenvalue weighted by Gasteiger charge is 2.30. The average molecular weight is 326 g/mol. The van der Waals surface area contributed by atoms with Crippen molar-refractivity contribution in [2.24, 2.45) is 7.05 Å². The first-order valence-electron chi connectivity index (χ1n) is 7.56. The summed E-state index contributed by atoms with van der Waals surface area (Å²) < 4.78 is 15.1. The summed E-state index contributed by atoms with van der Waals surface area (Å²) in [6, 6.07) is 6.14. The van der Waals surface area contributed by atoms with E-state index in [2.05, 4.69) is 20.4 Å². The summed E-state index contributed by atoms with van der Waals surface area (Å²) in [6.45, 7) is 1.22. The summed E-state index contributed by atoms with van der Waals surface area (Å²) in [5.41, 5.74) is 1.09. The van der Waals surface area contributed by atoms with Gasteiger partial charge in [0.25, 0.3) is 5.91 Å². The Morgan fingerprint density at radius 1 is 1.29 bits per heavy atom. The van der Waals surface area contributed by atoms with Gasteiger partial charge in [-0.3, -0.25) is 9.48 Å². The van der Waals surface area contributed by atoms with Crippen LogP contribution in [0.15, 0.2) is 36.8 Å². The molecule has 2 aromatic heterocycles. The van der Waals surface area contributed by atoms with Crippen molar-refractivity contribution >= 4 is 22.6 Å². The number of benzene rings is 1. The number of aromatic nitrogens is 4. The highest BCUT2D eigenvalue weighted by atomic mass is 19.1. The van der Waals surface area contributed by atoms with Crippen molar-refractivity contribution in [2.75, 3.05) is 18.0 Å². The van der Waals surface area contributed by atoms with E-state index in [-0.39, 0.29) is 17.8 Å². The Labute approximate surface area is 137 Å². The third kappa shape index (κ3) is 2.55. The predicted octanol–water partition coefficient (Wildman–Crippen LogP) is 1.12. The molecule has 7 nitrogen and oxygen atoms in total. The first-order chi connectivity index (χ1) is 11.6. The molecule has 0 saturated carbocycles. The molecule has 122 valence electrons. The molecule has 0 aliphatic carbocycles. The SMILES string of the molecule is Cn1ccc(C(=O)NC2CN(c3ncnc4ccc(F)cc34)C2)n1. The number of hydrogen-bond donors (Lipinski definition) is 1. The number of nitrogens with one attached hydrogen (secondary N) is 1. The predicted molar refractivity (Wildman–Crippen MR) is 86.2 cm³/mol. The molecular weight excluding hydrogens is 311 g/mol. The molecule has 1 saturated heterocycles. The zero-order chi connectivity index (χ0) is 16.7. The minimum atomic E-state index is -0.320. The molecule has 1 aliphatic heterocycles. The Hall–Kier alpha value is -3.03. The summed E-state index contributed by atoms with van der Waals surface area (Å²) in [6.07, 6.45) is 3.19. The van der Waals surface area contributed by atoms with Crippen molar-refractivity contribution in [3.63, 3.8) is 0 Å². The van der Waals surface area contributed by atoms with Crippen LogP contribution in [0.1, 0.15) is 10.5 Å². The van der Waals surface area contributed by atoms with Gasteiger partial charge in [0.1, 0.15) is 23.7 Å². The fraction of sp³-hybridized carbons (Fsp3) is 0.250.